The Bertz CT molecular complexity index is 713. The Kier molecular flexibility index (Phi) is 6.69. The van der Waals surface area contributed by atoms with Crippen LogP contribution >= 0.6 is 11.6 Å². The fourth-order valence-corrected chi connectivity index (χ4v) is 2.28. The molecule has 0 spiro atoms. The van der Waals surface area contributed by atoms with E-state index in [1.54, 1.807) is 24.3 Å². The van der Waals surface area contributed by atoms with Crippen LogP contribution in [0.1, 0.15) is 28.0 Å². The number of aliphatic hydroxyl groups is 2. The van der Waals surface area contributed by atoms with Crippen LogP contribution < -0.4 is 9.47 Å². The molecular weight excluding hydrogens is 352 g/mol. The van der Waals surface area contributed by atoms with Crippen molar-refractivity contribution in [1.82, 2.24) is 0 Å². The average molecular weight is 371 g/mol. The van der Waals surface area contributed by atoms with Crippen molar-refractivity contribution in [2.45, 2.75) is 18.8 Å². The van der Waals surface area contributed by atoms with E-state index in [1.165, 1.54) is 20.3 Å². The van der Waals surface area contributed by atoms with E-state index in [4.69, 9.17) is 25.5 Å². The van der Waals surface area contributed by atoms with Crippen molar-refractivity contribution in [2.75, 3.05) is 20.1 Å². The maximum atomic E-state index is 11.4. The van der Waals surface area contributed by atoms with Gasteiger partial charge in [-0.05, 0) is 29.8 Å². The molecule has 0 aliphatic rings. The van der Waals surface area contributed by atoms with Gasteiger partial charge in [0, 0.05) is 0 Å². The number of ether oxygens (including phenoxy) is 3. The Hall–Kier alpha value is -2.22. The molecule has 2 atom stereocenters. The van der Waals surface area contributed by atoms with Gasteiger partial charge in [0.05, 0.1) is 26.2 Å². The highest BCUT2D eigenvalue weighted by Gasteiger charge is 2.19. The Morgan fingerprint density at radius 2 is 1.96 bits per heavy atom. The van der Waals surface area contributed by atoms with Crippen LogP contribution in [0.5, 0.6) is 11.5 Å². The lowest BCUT2D eigenvalue weighted by molar-refractivity contribution is 0.0325. The first kappa shape index (κ1) is 19.1. The zero-order valence-electron chi connectivity index (χ0n) is 13.8. The Morgan fingerprint density at radius 3 is 2.60 bits per heavy atom. The van der Waals surface area contributed by atoms with Crippen LogP contribution in [0.15, 0.2) is 34.7 Å². The number of hydrogen-bond donors (Lipinski definition) is 2. The standard InChI is InChI=1S/C17H19ClO7/c1-22-15-7-10(16(20)12(19)8-18)3-5-13(15)24-9-11-4-6-14(25-11)17(21)23-2/h3-7,12,16,19-20H,8-9H2,1-2H3. The number of hydrogen-bond acceptors (Lipinski definition) is 7. The summed E-state index contributed by atoms with van der Waals surface area (Å²) in [5.41, 5.74) is 0.448. The van der Waals surface area contributed by atoms with Gasteiger partial charge in [-0.25, -0.2) is 4.79 Å². The third-order valence-corrected chi connectivity index (χ3v) is 3.79. The monoisotopic (exact) mass is 370 g/mol. The molecule has 2 unspecified atom stereocenters. The van der Waals surface area contributed by atoms with Crippen LogP contribution in [0, 0.1) is 0 Å². The first-order chi connectivity index (χ1) is 12.0. The summed E-state index contributed by atoms with van der Waals surface area (Å²) in [4.78, 5) is 11.4. The van der Waals surface area contributed by atoms with Gasteiger partial charge < -0.3 is 28.8 Å². The fourth-order valence-electron chi connectivity index (χ4n) is 2.11. The number of benzene rings is 1. The van der Waals surface area contributed by atoms with E-state index in [0.717, 1.165) is 0 Å². The number of carbonyl (C=O) groups excluding carboxylic acids is 1. The van der Waals surface area contributed by atoms with Gasteiger partial charge >= 0.3 is 5.97 Å². The number of alkyl halides is 1. The third-order valence-electron chi connectivity index (χ3n) is 3.47. The number of carbonyl (C=O) groups is 1. The molecule has 0 amide bonds. The highest BCUT2D eigenvalue weighted by molar-refractivity contribution is 6.18. The van der Waals surface area contributed by atoms with E-state index >= 15 is 0 Å². The van der Waals surface area contributed by atoms with Crippen molar-refractivity contribution in [1.29, 1.82) is 0 Å². The van der Waals surface area contributed by atoms with E-state index < -0.39 is 18.2 Å². The van der Waals surface area contributed by atoms with Crippen molar-refractivity contribution < 1.29 is 33.6 Å². The van der Waals surface area contributed by atoms with Crippen LogP contribution in [0.3, 0.4) is 0 Å². The van der Waals surface area contributed by atoms with Gasteiger partial charge in [-0.3, -0.25) is 0 Å². The van der Waals surface area contributed by atoms with Gasteiger partial charge in [-0.15, -0.1) is 11.6 Å². The van der Waals surface area contributed by atoms with Crippen LogP contribution in [-0.4, -0.2) is 42.4 Å². The second kappa shape index (κ2) is 8.75. The van der Waals surface area contributed by atoms with E-state index in [1.807, 2.05) is 0 Å². The molecule has 1 aromatic heterocycles. The molecule has 2 aromatic rings. The molecule has 0 radical (unpaired) electrons. The first-order valence-electron chi connectivity index (χ1n) is 7.40. The van der Waals surface area contributed by atoms with Gasteiger partial charge in [0.1, 0.15) is 18.5 Å². The minimum absolute atomic E-state index is 0.0690. The lowest BCUT2D eigenvalue weighted by Gasteiger charge is -2.18. The quantitative estimate of drug-likeness (QED) is 0.543. The second-order valence-corrected chi connectivity index (χ2v) is 5.43. The predicted octanol–water partition coefficient (Wildman–Crippen LogP) is 2.29. The summed E-state index contributed by atoms with van der Waals surface area (Å²) in [6.07, 6.45) is -2.22. The molecule has 0 bridgehead atoms. The van der Waals surface area contributed by atoms with Gasteiger partial charge in [-0.2, -0.15) is 0 Å². The van der Waals surface area contributed by atoms with E-state index in [2.05, 4.69) is 4.74 Å². The maximum Gasteiger partial charge on any atom is 0.373 e. The lowest BCUT2D eigenvalue weighted by atomic mass is 10.0. The molecule has 25 heavy (non-hydrogen) atoms. The summed E-state index contributed by atoms with van der Waals surface area (Å²) in [5.74, 6) is 0.640. The van der Waals surface area contributed by atoms with Crippen molar-refractivity contribution in [3.8, 4) is 11.5 Å². The van der Waals surface area contributed by atoms with Gasteiger partial charge in [0.25, 0.3) is 0 Å². The minimum atomic E-state index is -1.13. The number of furan rings is 1. The van der Waals surface area contributed by atoms with Crippen molar-refractivity contribution >= 4 is 17.6 Å². The largest absolute Gasteiger partial charge is 0.493 e. The number of halogens is 1. The van der Waals surface area contributed by atoms with E-state index in [-0.39, 0.29) is 18.2 Å². The third kappa shape index (κ3) is 4.66. The number of aliphatic hydroxyl groups excluding tert-OH is 2. The van der Waals surface area contributed by atoms with Crippen LogP contribution in [0.2, 0.25) is 0 Å². The summed E-state index contributed by atoms with van der Waals surface area (Å²) in [6.45, 7) is 0.0690. The highest BCUT2D eigenvalue weighted by atomic mass is 35.5. The summed E-state index contributed by atoms with van der Waals surface area (Å²) >= 11 is 5.54. The number of rotatable bonds is 8. The number of esters is 1. The minimum Gasteiger partial charge on any atom is -0.493 e. The van der Waals surface area contributed by atoms with Gasteiger partial charge in [-0.1, -0.05) is 6.07 Å². The molecule has 0 saturated heterocycles. The molecule has 0 saturated carbocycles. The summed E-state index contributed by atoms with van der Waals surface area (Å²) in [5, 5.41) is 19.6. The van der Waals surface area contributed by atoms with E-state index in [0.29, 0.717) is 22.8 Å². The average Bonchev–Trinajstić information content (AvgIpc) is 3.13. The second-order valence-electron chi connectivity index (χ2n) is 5.12. The highest BCUT2D eigenvalue weighted by Crippen LogP contribution is 2.32. The van der Waals surface area contributed by atoms with Crippen molar-refractivity contribution in [3.05, 3.63) is 47.4 Å². The summed E-state index contributed by atoms with van der Waals surface area (Å²) < 4.78 is 20.7. The van der Waals surface area contributed by atoms with Crippen LogP contribution in [0.25, 0.3) is 0 Å². The van der Waals surface area contributed by atoms with E-state index in [9.17, 15) is 15.0 Å². The van der Waals surface area contributed by atoms with Gasteiger partial charge in [0.15, 0.2) is 11.5 Å². The van der Waals surface area contributed by atoms with Gasteiger partial charge in [0.2, 0.25) is 5.76 Å². The fraction of sp³-hybridized carbons (Fsp3) is 0.353. The maximum absolute atomic E-state index is 11.4. The zero-order chi connectivity index (χ0) is 18.4. The molecule has 0 fully saturated rings. The summed E-state index contributed by atoms with van der Waals surface area (Å²) in [6, 6.07) is 7.85. The molecule has 8 heteroatoms. The number of methoxy groups -OCH3 is 2. The molecule has 136 valence electrons. The van der Waals surface area contributed by atoms with Crippen molar-refractivity contribution in [3.63, 3.8) is 0 Å². The first-order valence-corrected chi connectivity index (χ1v) is 7.93. The molecule has 1 aromatic carbocycles. The molecule has 7 nitrogen and oxygen atoms in total. The Balaban J connectivity index is 2.09. The Labute approximate surface area is 149 Å². The lowest BCUT2D eigenvalue weighted by Crippen LogP contribution is -2.19. The Morgan fingerprint density at radius 1 is 1.20 bits per heavy atom. The molecule has 2 N–H and O–H groups in total. The smallest absolute Gasteiger partial charge is 0.373 e. The normalized spacial score (nSPS) is 13.2. The molecule has 0 aliphatic heterocycles. The molecule has 2 rings (SSSR count). The topological polar surface area (TPSA) is 98.4 Å². The van der Waals surface area contributed by atoms with Crippen molar-refractivity contribution in [2.24, 2.45) is 0 Å². The molecule has 0 aliphatic carbocycles. The van der Waals surface area contributed by atoms with Crippen LogP contribution in [0.4, 0.5) is 0 Å². The molecule has 1 heterocycles. The predicted molar refractivity (Wildman–Crippen MR) is 89.1 cm³/mol. The summed E-state index contributed by atoms with van der Waals surface area (Å²) in [7, 11) is 2.72. The zero-order valence-corrected chi connectivity index (χ0v) is 14.5. The SMILES string of the molecule is COC(=O)c1ccc(COc2ccc(C(O)C(O)CCl)cc2OC)o1. The molecular formula is C17H19ClO7. The van der Waals surface area contributed by atoms with Crippen LogP contribution in [-0.2, 0) is 11.3 Å².